The molecular weight excluding hydrogens is 606 g/mol. The Hall–Kier alpha value is -5.36. The van der Waals surface area contributed by atoms with E-state index in [9.17, 15) is 22.8 Å². The summed E-state index contributed by atoms with van der Waals surface area (Å²) in [5.41, 5.74) is 3.51. The average molecular weight is 644 g/mol. The first-order valence-electron chi connectivity index (χ1n) is 14.4. The van der Waals surface area contributed by atoms with Gasteiger partial charge in [-0.05, 0) is 71.8 Å². The van der Waals surface area contributed by atoms with Crippen LogP contribution in [0.25, 0.3) is 11.1 Å². The van der Waals surface area contributed by atoms with E-state index in [2.05, 4.69) is 15.4 Å². The molecule has 0 spiro atoms. The summed E-state index contributed by atoms with van der Waals surface area (Å²) in [5.74, 6) is -0.507. The molecule has 12 heteroatoms. The van der Waals surface area contributed by atoms with Crippen molar-refractivity contribution in [3.63, 3.8) is 0 Å². The number of hydrogen-bond acceptors (Lipinski definition) is 7. The Bertz CT molecular complexity index is 1860. The third-order valence-corrected chi connectivity index (χ3v) is 8.34. The summed E-state index contributed by atoms with van der Waals surface area (Å²) in [6, 6.07) is 25.0. The van der Waals surface area contributed by atoms with Crippen molar-refractivity contribution < 1.29 is 27.5 Å². The van der Waals surface area contributed by atoms with Gasteiger partial charge in [-0.3, -0.25) is 19.1 Å². The van der Waals surface area contributed by atoms with Crippen molar-refractivity contribution in [3.8, 4) is 16.9 Å². The monoisotopic (exact) mass is 643 g/mol. The van der Waals surface area contributed by atoms with Crippen LogP contribution in [0.2, 0.25) is 0 Å². The van der Waals surface area contributed by atoms with Crippen molar-refractivity contribution in [1.82, 2.24) is 15.1 Å². The molecule has 0 atom stereocenters. The maximum atomic E-state index is 13.6. The molecule has 0 aliphatic carbocycles. The molecular formula is C34H37N5O6S. The molecule has 3 amide bonds. The number of rotatable bonds is 12. The largest absolute Gasteiger partial charge is 0.495 e. The van der Waals surface area contributed by atoms with Crippen LogP contribution in [0.1, 0.15) is 31.1 Å². The number of carbonyl (C=O) groups excluding carboxylic acids is 3. The van der Waals surface area contributed by atoms with Crippen molar-refractivity contribution in [3.05, 3.63) is 108 Å². The standard InChI is InChI=1S/C34H37N5O6S/c1-38(2)33(41)26-11-6-9-23(19-26)24-15-16-30(45-5)31(21-24)46(43,44)37-29-14-8-13-28(22-29)35-17-18-36-32(40)25-10-7-12-27(20-25)34(42)39(3)4/h6-16,19-22,35,37H,17-18H2,1-5H3,(H,36,40). The Kier molecular flexibility index (Phi) is 10.7. The summed E-state index contributed by atoms with van der Waals surface area (Å²) >= 11 is 0. The first-order chi connectivity index (χ1) is 21.9. The molecule has 46 heavy (non-hydrogen) atoms. The van der Waals surface area contributed by atoms with Crippen LogP contribution < -0.4 is 20.1 Å². The molecule has 4 aromatic rings. The molecule has 3 N–H and O–H groups in total. The molecule has 0 saturated heterocycles. The second-order valence-electron chi connectivity index (χ2n) is 10.8. The lowest BCUT2D eigenvalue weighted by molar-refractivity contribution is 0.0820. The first kappa shape index (κ1) is 33.5. The number of nitrogens with one attached hydrogen (secondary N) is 3. The van der Waals surface area contributed by atoms with Crippen LogP contribution in [-0.4, -0.2) is 84.3 Å². The maximum Gasteiger partial charge on any atom is 0.265 e. The van der Waals surface area contributed by atoms with Crippen LogP contribution in [0, 0.1) is 0 Å². The zero-order valence-corrected chi connectivity index (χ0v) is 27.1. The smallest absolute Gasteiger partial charge is 0.265 e. The van der Waals surface area contributed by atoms with E-state index in [-0.39, 0.29) is 34.9 Å². The molecule has 0 aliphatic heterocycles. The van der Waals surface area contributed by atoms with Crippen molar-refractivity contribution in [2.45, 2.75) is 4.90 Å². The molecule has 0 radical (unpaired) electrons. The molecule has 240 valence electrons. The minimum atomic E-state index is -4.09. The molecule has 0 aliphatic rings. The minimum absolute atomic E-state index is 0.0609. The fraction of sp³-hybridized carbons (Fsp3) is 0.206. The molecule has 4 rings (SSSR count). The molecule has 0 fully saturated rings. The second kappa shape index (κ2) is 14.6. The lowest BCUT2D eigenvalue weighted by Crippen LogP contribution is -2.29. The van der Waals surface area contributed by atoms with Crippen molar-refractivity contribution in [2.24, 2.45) is 0 Å². The second-order valence-corrected chi connectivity index (χ2v) is 12.4. The molecule has 0 saturated carbocycles. The van der Waals surface area contributed by atoms with Crippen LogP contribution >= 0.6 is 0 Å². The predicted molar refractivity (Wildman–Crippen MR) is 179 cm³/mol. The van der Waals surface area contributed by atoms with E-state index in [1.54, 1.807) is 113 Å². The Morgan fingerprint density at radius 1 is 0.674 bits per heavy atom. The van der Waals surface area contributed by atoms with Gasteiger partial charge in [0.15, 0.2) is 0 Å². The number of methoxy groups -OCH3 is 1. The van der Waals surface area contributed by atoms with Gasteiger partial charge in [0.05, 0.1) is 12.8 Å². The Balaban J connectivity index is 1.43. The maximum absolute atomic E-state index is 13.6. The molecule has 0 heterocycles. The highest BCUT2D eigenvalue weighted by Crippen LogP contribution is 2.32. The Morgan fingerprint density at radius 2 is 1.26 bits per heavy atom. The summed E-state index contributed by atoms with van der Waals surface area (Å²) in [4.78, 5) is 40.2. The van der Waals surface area contributed by atoms with Crippen LogP contribution in [0.4, 0.5) is 11.4 Å². The summed E-state index contributed by atoms with van der Waals surface area (Å²) in [6.07, 6.45) is 0. The summed E-state index contributed by atoms with van der Waals surface area (Å²) in [6.45, 7) is 0.648. The number of amides is 3. The quantitative estimate of drug-likeness (QED) is 0.195. The lowest BCUT2D eigenvalue weighted by Gasteiger charge is -2.15. The summed E-state index contributed by atoms with van der Waals surface area (Å²) < 4.78 is 35.1. The van der Waals surface area contributed by atoms with Crippen molar-refractivity contribution >= 4 is 39.1 Å². The molecule has 4 aromatic carbocycles. The van der Waals surface area contributed by atoms with E-state index >= 15 is 0 Å². The lowest BCUT2D eigenvalue weighted by atomic mass is 10.0. The van der Waals surface area contributed by atoms with Crippen molar-refractivity contribution in [1.29, 1.82) is 0 Å². The van der Waals surface area contributed by atoms with Crippen LogP contribution in [0.3, 0.4) is 0 Å². The van der Waals surface area contributed by atoms with Gasteiger partial charge in [0, 0.05) is 63.7 Å². The SMILES string of the molecule is COc1ccc(-c2cccc(C(=O)N(C)C)c2)cc1S(=O)(=O)Nc1cccc(NCCNC(=O)c2cccc(C(=O)N(C)C)c2)c1. The van der Waals surface area contributed by atoms with E-state index in [0.717, 1.165) is 0 Å². The van der Waals surface area contributed by atoms with E-state index in [0.29, 0.717) is 45.7 Å². The highest BCUT2D eigenvalue weighted by atomic mass is 32.2. The van der Waals surface area contributed by atoms with Gasteiger partial charge in [0.25, 0.3) is 27.7 Å². The van der Waals surface area contributed by atoms with Crippen molar-refractivity contribution in [2.75, 3.05) is 58.4 Å². The minimum Gasteiger partial charge on any atom is -0.495 e. The summed E-state index contributed by atoms with van der Waals surface area (Å²) in [5, 5.41) is 5.98. The third kappa shape index (κ3) is 8.21. The number of anilines is 2. The highest BCUT2D eigenvalue weighted by molar-refractivity contribution is 7.92. The molecule has 0 aromatic heterocycles. The van der Waals surface area contributed by atoms with Crippen LogP contribution in [0.15, 0.2) is 95.9 Å². The predicted octanol–water partition coefficient (Wildman–Crippen LogP) is 4.41. The fourth-order valence-corrected chi connectivity index (χ4v) is 5.84. The number of carbonyl (C=O) groups is 3. The van der Waals surface area contributed by atoms with Gasteiger partial charge in [-0.1, -0.05) is 30.3 Å². The van der Waals surface area contributed by atoms with E-state index < -0.39 is 10.0 Å². The van der Waals surface area contributed by atoms with E-state index in [4.69, 9.17) is 4.74 Å². The normalized spacial score (nSPS) is 10.9. The zero-order valence-electron chi connectivity index (χ0n) is 26.3. The zero-order chi connectivity index (χ0) is 33.4. The highest BCUT2D eigenvalue weighted by Gasteiger charge is 2.21. The van der Waals surface area contributed by atoms with Gasteiger partial charge in [-0.25, -0.2) is 8.42 Å². The number of ether oxygens (including phenoxy) is 1. The molecule has 11 nitrogen and oxygen atoms in total. The Morgan fingerprint density at radius 3 is 1.93 bits per heavy atom. The average Bonchev–Trinajstić information content (AvgIpc) is 3.05. The summed E-state index contributed by atoms with van der Waals surface area (Å²) in [7, 11) is 3.93. The van der Waals surface area contributed by atoms with Gasteiger partial charge in [-0.2, -0.15) is 0 Å². The van der Waals surface area contributed by atoms with Gasteiger partial charge < -0.3 is 25.2 Å². The molecule has 0 unspecified atom stereocenters. The number of hydrogen-bond donors (Lipinski definition) is 3. The van der Waals surface area contributed by atoms with E-state index in [1.807, 2.05) is 0 Å². The third-order valence-electron chi connectivity index (χ3n) is 6.93. The van der Waals surface area contributed by atoms with Gasteiger partial charge in [-0.15, -0.1) is 0 Å². The van der Waals surface area contributed by atoms with Gasteiger partial charge in [0.1, 0.15) is 10.6 Å². The first-order valence-corrected chi connectivity index (χ1v) is 15.8. The number of benzene rings is 4. The van der Waals surface area contributed by atoms with Gasteiger partial charge in [0.2, 0.25) is 0 Å². The fourth-order valence-electron chi connectivity index (χ4n) is 4.60. The topological polar surface area (TPSA) is 137 Å². The molecule has 0 bridgehead atoms. The van der Waals surface area contributed by atoms with Crippen LogP contribution in [0.5, 0.6) is 5.75 Å². The number of sulfonamides is 1. The van der Waals surface area contributed by atoms with Gasteiger partial charge >= 0.3 is 0 Å². The van der Waals surface area contributed by atoms with E-state index in [1.165, 1.54) is 23.0 Å². The van der Waals surface area contributed by atoms with Crippen LogP contribution in [-0.2, 0) is 10.0 Å². The number of nitrogens with zero attached hydrogens (tertiary/aromatic N) is 2. The Labute approximate surface area is 269 Å².